The van der Waals surface area contributed by atoms with E-state index in [1.165, 1.54) is 11.1 Å². The molecule has 4 heteroatoms. The second kappa shape index (κ2) is 6.80. The van der Waals surface area contributed by atoms with Gasteiger partial charge in [-0.1, -0.05) is 47.5 Å². The Kier molecular flexibility index (Phi) is 4.58. The van der Waals surface area contributed by atoms with Crippen molar-refractivity contribution in [3.8, 4) is 0 Å². The Balaban J connectivity index is 1.72. The Hall–Kier alpha value is -2.39. The molecule has 0 spiro atoms. The number of hydrogen-bond acceptors (Lipinski definition) is 2. The van der Waals surface area contributed by atoms with Crippen LogP contribution in [0.3, 0.4) is 0 Å². The average Bonchev–Trinajstić information content (AvgIpc) is 2.55. The molecule has 3 aromatic rings. The lowest BCUT2D eigenvalue weighted by Crippen LogP contribution is -2.26. The van der Waals surface area contributed by atoms with Crippen LogP contribution in [0.5, 0.6) is 0 Å². The van der Waals surface area contributed by atoms with Crippen molar-refractivity contribution in [1.29, 1.82) is 0 Å². The molecule has 0 saturated carbocycles. The summed E-state index contributed by atoms with van der Waals surface area (Å²) in [7, 11) is 0. The summed E-state index contributed by atoms with van der Waals surface area (Å²) in [5.74, 6) is -0.150. The van der Waals surface area contributed by atoms with Gasteiger partial charge in [0.25, 0.3) is 5.91 Å². The van der Waals surface area contributed by atoms with Crippen molar-refractivity contribution >= 4 is 28.4 Å². The lowest BCUT2D eigenvalue weighted by Gasteiger charge is -2.08. The molecule has 116 valence electrons. The predicted molar refractivity (Wildman–Crippen MR) is 94.0 cm³/mol. The SMILES string of the molecule is Cc1ccc(CCNC(=O)c2cc(Cl)cc3cccnc23)cc1. The highest BCUT2D eigenvalue weighted by atomic mass is 35.5. The number of pyridine rings is 1. The first-order chi connectivity index (χ1) is 11.1. The fourth-order valence-electron chi connectivity index (χ4n) is 2.50. The van der Waals surface area contributed by atoms with Crippen LogP contribution >= 0.6 is 11.6 Å². The smallest absolute Gasteiger partial charge is 0.253 e. The number of benzene rings is 2. The van der Waals surface area contributed by atoms with Crippen LogP contribution in [0.4, 0.5) is 0 Å². The zero-order valence-corrected chi connectivity index (χ0v) is 13.6. The number of halogens is 1. The Morgan fingerprint density at radius 2 is 1.96 bits per heavy atom. The lowest BCUT2D eigenvalue weighted by molar-refractivity contribution is 0.0955. The molecule has 2 aromatic carbocycles. The quantitative estimate of drug-likeness (QED) is 0.782. The Morgan fingerprint density at radius 1 is 1.17 bits per heavy atom. The van der Waals surface area contributed by atoms with Gasteiger partial charge in [-0.2, -0.15) is 0 Å². The molecule has 23 heavy (non-hydrogen) atoms. The van der Waals surface area contributed by atoms with E-state index in [0.717, 1.165) is 11.8 Å². The van der Waals surface area contributed by atoms with Crippen LogP contribution in [0, 0.1) is 6.92 Å². The first-order valence-corrected chi connectivity index (χ1v) is 7.89. The van der Waals surface area contributed by atoms with Gasteiger partial charge < -0.3 is 5.32 Å². The van der Waals surface area contributed by atoms with Gasteiger partial charge in [-0.05, 0) is 37.1 Å². The highest BCUT2D eigenvalue weighted by Crippen LogP contribution is 2.22. The minimum absolute atomic E-state index is 0.150. The van der Waals surface area contributed by atoms with Crippen molar-refractivity contribution in [1.82, 2.24) is 10.3 Å². The second-order valence-corrected chi connectivity index (χ2v) is 5.96. The van der Waals surface area contributed by atoms with Crippen LogP contribution in [0.25, 0.3) is 10.9 Å². The van der Waals surface area contributed by atoms with Crippen molar-refractivity contribution in [2.45, 2.75) is 13.3 Å². The van der Waals surface area contributed by atoms with Gasteiger partial charge in [0.15, 0.2) is 0 Å². The summed E-state index contributed by atoms with van der Waals surface area (Å²) < 4.78 is 0. The molecule has 1 amide bonds. The molecule has 1 heterocycles. The fourth-order valence-corrected chi connectivity index (χ4v) is 2.73. The first-order valence-electron chi connectivity index (χ1n) is 7.51. The van der Waals surface area contributed by atoms with E-state index in [9.17, 15) is 4.79 Å². The van der Waals surface area contributed by atoms with Crippen molar-refractivity contribution in [2.75, 3.05) is 6.54 Å². The molecular weight excluding hydrogens is 308 g/mol. The molecule has 0 aliphatic carbocycles. The molecular formula is C19H17ClN2O. The number of aryl methyl sites for hydroxylation is 1. The number of carbonyl (C=O) groups is 1. The number of aromatic nitrogens is 1. The second-order valence-electron chi connectivity index (χ2n) is 5.52. The summed E-state index contributed by atoms with van der Waals surface area (Å²) in [6.07, 6.45) is 2.47. The van der Waals surface area contributed by atoms with E-state index in [-0.39, 0.29) is 5.91 Å². The lowest BCUT2D eigenvalue weighted by atomic mass is 10.1. The van der Waals surface area contributed by atoms with Crippen LogP contribution in [-0.4, -0.2) is 17.4 Å². The number of carbonyl (C=O) groups excluding carboxylic acids is 1. The van der Waals surface area contributed by atoms with Gasteiger partial charge in [0.1, 0.15) is 0 Å². The van der Waals surface area contributed by atoms with Gasteiger partial charge in [-0.3, -0.25) is 9.78 Å². The van der Waals surface area contributed by atoms with E-state index in [2.05, 4.69) is 41.5 Å². The number of fused-ring (bicyclic) bond motifs is 1. The number of hydrogen-bond donors (Lipinski definition) is 1. The van der Waals surface area contributed by atoms with E-state index in [1.54, 1.807) is 12.3 Å². The van der Waals surface area contributed by atoms with E-state index in [1.807, 2.05) is 18.2 Å². The molecule has 1 aromatic heterocycles. The number of nitrogens with zero attached hydrogens (tertiary/aromatic N) is 1. The first kappa shape index (κ1) is 15.5. The Morgan fingerprint density at radius 3 is 2.74 bits per heavy atom. The van der Waals surface area contributed by atoms with Gasteiger partial charge in [-0.15, -0.1) is 0 Å². The van der Waals surface area contributed by atoms with Crippen LogP contribution in [-0.2, 0) is 6.42 Å². The molecule has 0 bridgehead atoms. The molecule has 0 aliphatic heterocycles. The molecule has 3 nitrogen and oxygen atoms in total. The van der Waals surface area contributed by atoms with Gasteiger partial charge in [0, 0.05) is 23.2 Å². The summed E-state index contributed by atoms with van der Waals surface area (Å²) in [5, 5.41) is 4.34. The maximum Gasteiger partial charge on any atom is 0.253 e. The average molecular weight is 325 g/mol. The van der Waals surface area contributed by atoms with Crippen molar-refractivity contribution in [3.63, 3.8) is 0 Å². The Bertz CT molecular complexity index is 844. The van der Waals surface area contributed by atoms with Gasteiger partial charge >= 0.3 is 0 Å². The molecule has 0 unspecified atom stereocenters. The zero-order valence-electron chi connectivity index (χ0n) is 12.8. The number of amides is 1. The normalized spacial score (nSPS) is 10.7. The minimum atomic E-state index is -0.150. The third-order valence-electron chi connectivity index (χ3n) is 3.73. The van der Waals surface area contributed by atoms with E-state index in [0.29, 0.717) is 22.6 Å². The maximum absolute atomic E-state index is 12.4. The highest BCUT2D eigenvalue weighted by molar-refractivity contribution is 6.32. The molecule has 1 N–H and O–H groups in total. The fraction of sp³-hybridized carbons (Fsp3) is 0.158. The monoisotopic (exact) mass is 324 g/mol. The molecule has 0 atom stereocenters. The molecule has 0 radical (unpaired) electrons. The number of rotatable bonds is 4. The third kappa shape index (κ3) is 3.69. The van der Waals surface area contributed by atoms with Gasteiger partial charge in [0.2, 0.25) is 0 Å². The van der Waals surface area contributed by atoms with Crippen LogP contribution < -0.4 is 5.32 Å². The van der Waals surface area contributed by atoms with E-state index < -0.39 is 0 Å². The van der Waals surface area contributed by atoms with Gasteiger partial charge in [0.05, 0.1) is 11.1 Å². The van der Waals surface area contributed by atoms with Crippen molar-refractivity contribution in [2.24, 2.45) is 0 Å². The zero-order chi connectivity index (χ0) is 16.2. The van der Waals surface area contributed by atoms with E-state index in [4.69, 9.17) is 11.6 Å². The van der Waals surface area contributed by atoms with Crippen molar-refractivity contribution in [3.05, 3.63) is 76.4 Å². The summed E-state index contributed by atoms with van der Waals surface area (Å²) >= 11 is 6.10. The summed E-state index contributed by atoms with van der Waals surface area (Å²) in [6, 6.07) is 15.5. The van der Waals surface area contributed by atoms with Crippen LogP contribution in [0.15, 0.2) is 54.7 Å². The Labute approximate surface area is 140 Å². The summed E-state index contributed by atoms with van der Waals surface area (Å²) in [4.78, 5) is 16.7. The largest absolute Gasteiger partial charge is 0.352 e. The molecule has 3 rings (SSSR count). The summed E-state index contributed by atoms with van der Waals surface area (Å²) in [6.45, 7) is 2.63. The third-order valence-corrected chi connectivity index (χ3v) is 3.95. The van der Waals surface area contributed by atoms with Gasteiger partial charge in [-0.25, -0.2) is 0 Å². The minimum Gasteiger partial charge on any atom is -0.352 e. The molecule has 0 aliphatic rings. The van der Waals surface area contributed by atoms with Crippen LogP contribution in [0.2, 0.25) is 5.02 Å². The molecule has 0 saturated heterocycles. The number of nitrogens with one attached hydrogen (secondary N) is 1. The van der Waals surface area contributed by atoms with E-state index >= 15 is 0 Å². The maximum atomic E-state index is 12.4. The summed E-state index contributed by atoms with van der Waals surface area (Å²) in [5.41, 5.74) is 3.61. The molecule has 0 fully saturated rings. The standard InChI is InChI=1S/C19H17ClN2O/c1-13-4-6-14(7-5-13)8-10-22-19(23)17-12-16(20)11-15-3-2-9-21-18(15)17/h2-7,9,11-12H,8,10H2,1H3,(H,22,23). The predicted octanol–water partition coefficient (Wildman–Crippen LogP) is 4.17. The van der Waals surface area contributed by atoms with Crippen LogP contribution in [0.1, 0.15) is 21.5 Å². The topological polar surface area (TPSA) is 42.0 Å². The van der Waals surface area contributed by atoms with Crippen molar-refractivity contribution < 1.29 is 4.79 Å². The highest BCUT2D eigenvalue weighted by Gasteiger charge is 2.12.